The lowest BCUT2D eigenvalue weighted by atomic mass is 10.2. The molecule has 1 N–H and O–H groups in total. The Labute approximate surface area is 207 Å². The SMILES string of the molecule is CCOc1ccccc1OCC(=O)NCCOc1ccc2nnc(-c3cc(OC)ccc3OC)n2n1. The second-order valence-electron chi connectivity index (χ2n) is 7.40. The van der Waals surface area contributed by atoms with Crippen LogP contribution in [0.5, 0.6) is 28.9 Å². The zero-order chi connectivity index (χ0) is 25.3. The van der Waals surface area contributed by atoms with E-state index in [2.05, 4.69) is 20.6 Å². The Balaban J connectivity index is 1.34. The minimum Gasteiger partial charge on any atom is -0.497 e. The summed E-state index contributed by atoms with van der Waals surface area (Å²) in [6.07, 6.45) is 0. The monoisotopic (exact) mass is 493 g/mol. The molecule has 0 fully saturated rings. The van der Waals surface area contributed by atoms with Gasteiger partial charge in [-0.3, -0.25) is 4.79 Å². The molecule has 11 nitrogen and oxygen atoms in total. The summed E-state index contributed by atoms with van der Waals surface area (Å²) in [5, 5.41) is 15.7. The number of methoxy groups -OCH3 is 2. The number of hydrogen-bond acceptors (Lipinski definition) is 9. The highest BCUT2D eigenvalue weighted by Crippen LogP contribution is 2.32. The van der Waals surface area contributed by atoms with Crippen molar-refractivity contribution in [3.63, 3.8) is 0 Å². The van der Waals surface area contributed by atoms with Crippen molar-refractivity contribution in [3.8, 4) is 40.3 Å². The summed E-state index contributed by atoms with van der Waals surface area (Å²) >= 11 is 0. The average Bonchev–Trinajstić information content (AvgIpc) is 3.33. The zero-order valence-corrected chi connectivity index (χ0v) is 20.3. The van der Waals surface area contributed by atoms with Crippen LogP contribution in [-0.2, 0) is 4.79 Å². The first-order chi connectivity index (χ1) is 17.6. The van der Waals surface area contributed by atoms with Gasteiger partial charge in [-0.1, -0.05) is 12.1 Å². The number of para-hydroxylation sites is 2. The second kappa shape index (κ2) is 11.7. The van der Waals surface area contributed by atoms with Crippen molar-refractivity contribution in [2.45, 2.75) is 6.92 Å². The molecule has 0 aliphatic carbocycles. The molecule has 2 aromatic heterocycles. The normalized spacial score (nSPS) is 10.6. The van der Waals surface area contributed by atoms with Crippen LogP contribution < -0.4 is 29.0 Å². The molecule has 0 unspecified atom stereocenters. The quantitative estimate of drug-likeness (QED) is 0.297. The van der Waals surface area contributed by atoms with Crippen molar-refractivity contribution in [2.75, 3.05) is 40.6 Å². The van der Waals surface area contributed by atoms with Gasteiger partial charge < -0.3 is 29.0 Å². The minimum atomic E-state index is -0.278. The van der Waals surface area contributed by atoms with E-state index in [0.717, 1.165) is 0 Å². The van der Waals surface area contributed by atoms with E-state index < -0.39 is 0 Å². The molecule has 1 amide bonds. The van der Waals surface area contributed by atoms with E-state index in [1.54, 1.807) is 61.2 Å². The van der Waals surface area contributed by atoms with Crippen LogP contribution in [-0.4, -0.2) is 66.3 Å². The third-order valence-electron chi connectivity index (χ3n) is 5.07. The molecule has 11 heteroatoms. The molecule has 0 saturated carbocycles. The third-order valence-corrected chi connectivity index (χ3v) is 5.07. The number of nitrogens with one attached hydrogen (secondary N) is 1. The van der Waals surface area contributed by atoms with E-state index >= 15 is 0 Å². The van der Waals surface area contributed by atoms with E-state index in [-0.39, 0.29) is 25.7 Å². The van der Waals surface area contributed by atoms with Crippen LogP contribution in [0.2, 0.25) is 0 Å². The molecule has 36 heavy (non-hydrogen) atoms. The molecule has 0 aliphatic heterocycles. The first kappa shape index (κ1) is 24.6. The van der Waals surface area contributed by atoms with Gasteiger partial charge in [-0.25, -0.2) is 0 Å². The van der Waals surface area contributed by atoms with Gasteiger partial charge in [-0.05, 0) is 43.3 Å². The van der Waals surface area contributed by atoms with E-state index in [9.17, 15) is 4.79 Å². The number of carbonyl (C=O) groups is 1. The largest absolute Gasteiger partial charge is 0.497 e. The lowest BCUT2D eigenvalue weighted by Crippen LogP contribution is -2.32. The molecule has 0 bridgehead atoms. The smallest absolute Gasteiger partial charge is 0.258 e. The van der Waals surface area contributed by atoms with Crippen molar-refractivity contribution in [1.82, 2.24) is 25.1 Å². The summed E-state index contributed by atoms with van der Waals surface area (Å²) < 4.78 is 29.1. The maximum atomic E-state index is 12.2. The highest BCUT2D eigenvalue weighted by molar-refractivity contribution is 5.77. The zero-order valence-electron chi connectivity index (χ0n) is 20.3. The predicted octanol–water partition coefficient (Wildman–Crippen LogP) is 2.78. The molecular formula is C25H27N5O6. The van der Waals surface area contributed by atoms with Gasteiger partial charge in [0.05, 0.1) is 32.9 Å². The molecule has 0 spiro atoms. The molecule has 4 rings (SSSR count). The topological polar surface area (TPSA) is 118 Å². The third kappa shape index (κ3) is 5.74. The van der Waals surface area contributed by atoms with Gasteiger partial charge in [-0.2, -0.15) is 4.52 Å². The van der Waals surface area contributed by atoms with Crippen LogP contribution in [0, 0.1) is 0 Å². The van der Waals surface area contributed by atoms with Crippen molar-refractivity contribution in [3.05, 3.63) is 54.6 Å². The van der Waals surface area contributed by atoms with Crippen molar-refractivity contribution in [1.29, 1.82) is 0 Å². The standard InChI is InChI=1S/C25H27N5O6/c1-4-34-20-7-5-6-8-21(20)36-16-23(31)26-13-14-35-24-12-11-22-27-28-25(30(22)29-24)18-15-17(32-2)9-10-19(18)33-3/h5-12,15H,4,13-14,16H2,1-3H3,(H,26,31). The van der Waals surface area contributed by atoms with Crippen molar-refractivity contribution in [2.24, 2.45) is 0 Å². The van der Waals surface area contributed by atoms with Gasteiger partial charge in [0.2, 0.25) is 5.88 Å². The Morgan fingerprint density at radius 1 is 0.917 bits per heavy atom. The highest BCUT2D eigenvalue weighted by atomic mass is 16.5. The Morgan fingerprint density at radius 3 is 2.47 bits per heavy atom. The Morgan fingerprint density at radius 2 is 1.72 bits per heavy atom. The number of carbonyl (C=O) groups excluding carboxylic acids is 1. The van der Waals surface area contributed by atoms with Crippen LogP contribution in [0.4, 0.5) is 0 Å². The average molecular weight is 494 g/mol. The predicted molar refractivity (Wildman–Crippen MR) is 131 cm³/mol. The van der Waals surface area contributed by atoms with E-state index in [4.69, 9.17) is 23.7 Å². The summed E-state index contributed by atoms with van der Waals surface area (Å²) in [7, 11) is 3.16. The fourth-order valence-electron chi connectivity index (χ4n) is 3.39. The van der Waals surface area contributed by atoms with Gasteiger partial charge in [0.25, 0.3) is 5.91 Å². The maximum Gasteiger partial charge on any atom is 0.258 e. The molecule has 0 radical (unpaired) electrons. The van der Waals surface area contributed by atoms with Crippen molar-refractivity contribution < 1.29 is 28.5 Å². The summed E-state index contributed by atoms with van der Waals surface area (Å²) in [4.78, 5) is 12.2. The minimum absolute atomic E-state index is 0.138. The number of aromatic nitrogens is 4. The van der Waals surface area contributed by atoms with Gasteiger partial charge in [0, 0.05) is 6.07 Å². The van der Waals surface area contributed by atoms with Gasteiger partial charge in [0.15, 0.2) is 29.6 Å². The number of ether oxygens (including phenoxy) is 5. The number of fused-ring (bicyclic) bond motifs is 1. The Kier molecular flexibility index (Phi) is 8.01. The van der Waals surface area contributed by atoms with E-state index in [0.29, 0.717) is 52.5 Å². The summed E-state index contributed by atoms with van der Waals surface area (Å²) in [5.74, 6) is 2.91. The molecule has 2 heterocycles. The number of nitrogens with zero attached hydrogens (tertiary/aromatic N) is 4. The lowest BCUT2D eigenvalue weighted by Gasteiger charge is -2.12. The van der Waals surface area contributed by atoms with Gasteiger partial charge in [0.1, 0.15) is 18.1 Å². The molecular weight excluding hydrogens is 466 g/mol. The van der Waals surface area contributed by atoms with E-state index in [1.807, 2.05) is 19.1 Å². The van der Waals surface area contributed by atoms with Crippen LogP contribution >= 0.6 is 0 Å². The number of benzene rings is 2. The molecule has 0 aliphatic rings. The van der Waals surface area contributed by atoms with Crippen LogP contribution in [0.1, 0.15) is 6.92 Å². The van der Waals surface area contributed by atoms with Crippen LogP contribution in [0.25, 0.3) is 17.0 Å². The summed E-state index contributed by atoms with van der Waals surface area (Å²) in [5.41, 5.74) is 1.21. The second-order valence-corrected chi connectivity index (χ2v) is 7.40. The van der Waals surface area contributed by atoms with Gasteiger partial charge >= 0.3 is 0 Å². The van der Waals surface area contributed by atoms with Crippen molar-refractivity contribution >= 4 is 11.6 Å². The maximum absolute atomic E-state index is 12.2. The first-order valence-electron chi connectivity index (χ1n) is 11.3. The summed E-state index contributed by atoms with van der Waals surface area (Å²) in [6, 6.07) is 16.0. The Hall–Kier alpha value is -4.54. The van der Waals surface area contributed by atoms with Crippen LogP contribution in [0.15, 0.2) is 54.6 Å². The van der Waals surface area contributed by atoms with Crippen LogP contribution in [0.3, 0.4) is 0 Å². The fourth-order valence-corrected chi connectivity index (χ4v) is 3.39. The fraction of sp³-hybridized carbons (Fsp3) is 0.280. The molecule has 0 saturated heterocycles. The Bertz CT molecular complexity index is 1330. The first-order valence-corrected chi connectivity index (χ1v) is 11.3. The van der Waals surface area contributed by atoms with Gasteiger partial charge in [-0.15, -0.1) is 15.3 Å². The number of hydrogen-bond donors (Lipinski definition) is 1. The summed E-state index contributed by atoms with van der Waals surface area (Å²) in [6.45, 7) is 2.73. The number of rotatable bonds is 12. The van der Waals surface area contributed by atoms with E-state index in [1.165, 1.54) is 0 Å². The highest BCUT2D eigenvalue weighted by Gasteiger charge is 2.16. The molecule has 2 aromatic carbocycles. The molecule has 0 atom stereocenters. The molecule has 4 aromatic rings. The molecule has 188 valence electrons. The number of amides is 1. The lowest BCUT2D eigenvalue weighted by molar-refractivity contribution is -0.123.